The molecule has 1 saturated heterocycles. The van der Waals surface area contributed by atoms with Gasteiger partial charge in [-0.15, -0.1) is 0 Å². The number of benzene rings is 1. The largest absolute Gasteiger partial charge is 0.323 e. The highest BCUT2D eigenvalue weighted by Gasteiger charge is 2.30. The van der Waals surface area contributed by atoms with Gasteiger partial charge in [0.25, 0.3) is 0 Å². The van der Waals surface area contributed by atoms with Gasteiger partial charge >= 0.3 is 0 Å². The number of hydrogen-bond donors (Lipinski definition) is 2. The normalized spacial score (nSPS) is 17.6. The SMILES string of the molecule is Cc1nc(C[C@@H]2CCCN(S(=O)(=O)c3ccc(F)cc3)C2)cc(Nc2cc(C)[nH]n2)n1. The summed E-state index contributed by atoms with van der Waals surface area (Å²) in [5, 5.41) is 10.2. The maximum absolute atomic E-state index is 13.2. The molecule has 0 bridgehead atoms. The maximum Gasteiger partial charge on any atom is 0.243 e. The van der Waals surface area contributed by atoms with Crippen LogP contribution >= 0.6 is 0 Å². The Kier molecular flexibility index (Phi) is 6.01. The molecule has 3 aromatic rings. The number of sulfonamides is 1. The van der Waals surface area contributed by atoms with Crippen LogP contribution in [0.3, 0.4) is 0 Å². The average Bonchev–Trinajstić information content (AvgIpc) is 3.12. The molecule has 0 amide bonds. The molecule has 0 spiro atoms. The quantitative estimate of drug-likeness (QED) is 0.604. The lowest BCUT2D eigenvalue weighted by Gasteiger charge is -2.32. The fraction of sp³-hybridized carbons (Fsp3) is 0.381. The third kappa shape index (κ3) is 5.08. The van der Waals surface area contributed by atoms with Gasteiger partial charge in [0.2, 0.25) is 10.0 Å². The molecule has 1 aromatic carbocycles. The number of hydrogen-bond acceptors (Lipinski definition) is 6. The van der Waals surface area contributed by atoms with Crippen LogP contribution in [0.15, 0.2) is 41.3 Å². The van der Waals surface area contributed by atoms with Gasteiger partial charge < -0.3 is 5.32 Å². The van der Waals surface area contributed by atoms with Gasteiger partial charge in [0.05, 0.1) is 4.90 Å². The van der Waals surface area contributed by atoms with E-state index < -0.39 is 15.8 Å². The average molecular weight is 445 g/mol. The number of aromatic amines is 1. The molecule has 0 unspecified atom stereocenters. The van der Waals surface area contributed by atoms with E-state index in [2.05, 4.69) is 25.5 Å². The van der Waals surface area contributed by atoms with Crippen LogP contribution < -0.4 is 5.32 Å². The molecule has 3 heterocycles. The number of aryl methyl sites for hydroxylation is 2. The van der Waals surface area contributed by atoms with Crippen LogP contribution in [0.1, 0.15) is 30.1 Å². The zero-order valence-electron chi connectivity index (χ0n) is 17.5. The molecule has 0 radical (unpaired) electrons. The first-order valence-corrected chi connectivity index (χ1v) is 11.6. The summed E-state index contributed by atoms with van der Waals surface area (Å²) in [7, 11) is -3.65. The zero-order chi connectivity index (χ0) is 22.0. The van der Waals surface area contributed by atoms with Crippen LogP contribution in [0, 0.1) is 25.6 Å². The Morgan fingerprint density at radius 1 is 1.16 bits per heavy atom. The molecule has 0 saturated carbocycles. The van der Waals surface area contributed by atoms with Crippen molar-refractivity contribution in [3.63, 3.8) is 0 Å². The molecular weight excluding hydrogens is 419 g/mol. The predicted octanol–water partition coefficient (Wildman–Crippen LogP) is 3.34. The molecule has 164 valence electrons. The van der Waals surface area contributed by atoms with Gasteiger partial charge in [0.15, 0.2) is 5.82 Å². The van der Waals surface area contributed by atoms with E-state index in [4.69, 9.17) is 0 Å². The molecular formula is C21H25FN6O2S. The number of rotatable bonds is 6. The van der Waals surface area contributed by atoms with Crippen molar-refractivity contribution in [2.24, 2.45) is 5.92 Å². The topological polar surface area (TPSA) is 104 Å². The maximum atomic E-state index is 13.2. The van der Waals surface area contributed by atoms with Crippen LogP contribution in [0.2, 0.25) is 0 Å². The highest BCUT2D eigenvalue weighted by atomic mass is 32.2. The number of halogens is 1. The second kappa shape index (κ2) is 8.72. The summed E-state index contributed by atoms with van der Waals surface area (Å²) >= 11 is 0. The molecule has 10 heteroatoms. The number of aromatic nitrogens is 4. The van der Waals surface area contributed by atoms with Crippen LogP contribution in [0.4, 0.5) is 16.0 Å². The van der Waals surface area contributed by atoms with E-state index in [0.717, 1.165) is 24.2 Å². The van der Waals surface area contributed by atoms with Crippen molar-refractivity contribution >= 4 is 21.7 Å². The summed E-state index contributed by atoms with van der Waals surface area (Å²) in [4.78, 5) is 9.08. The molecule has 1 aliphatic heterocycles. The van der Waals surface area contributed by atoms with Crippen molar-refractivity contribution in [1.82, 2.24) is 24.5 Å². The smallest absolute Gasteiger partial charge is 0.243 e. The van der Waals surface area contributed by atoms with Gasteiger partial charge in [-0.3, -0.25) is 5.10 Å². The first-order chi connectivity index (χ1) is 14.8. The Morgan fingerprint density at radius 2 is 1.94 bits per heavy atom. The van der Waals surface area contributed by atoms with Gasteiger partial charge in [-0.25, -0.2) is 22.8 Å². The number of nitrogens with one attached hydrogen (secondary N) is 2. The minimum atomic E-state index is -3.65. The lowest BCUT2D eigenvalue weighted by atomic mass is 9.94. The summed E-state index contributed by atoms with van der Waals surface area (Å²) in [6.07, 6.45) is 2.33. The Balaban J connectivity index is 1.47. The third-order valence-electron chi connectivity index (χ3n) is 5.28. The van der Waals surface area contributed by atoms with E-state index >= 15 is 0 Å². The highest BCUT2D eigenvalue weighted by molar-refractivity contribution is 7.89. The first-order valence-electron chi connectivity index (χ1n) is 10.2. The fourth-order valence-corrected chi connectivity index (χ4v) is 5.43. The van der Waals surface area contributed by atoms with Crippen molar-refractivity contribution in [2.75, 3.05) is 18.4 Å². The number of piperidine rings is 1. The van der Waals surface area contributed by atoms with Crippen molar-refractivity contribution in [2.45, 2.75) is 38.0 Å². The molecule has 1 atom stereocenters. The molecule has 2 aromatic heterocycles. The van der Waals surface area contributed by atoms with Crippen molar-refractivity contribution in [3.05, 3.63) is 59.4 Å². The Morgan fingerprint density at radius 3 is 2.65 bits per heavy atom. The van der Waals surface area contributed by atoms with Crippen molar-refractivity contribution in [3.8, 4) is 0 Å². The standard InChI is InChI=1S/C21H25FN6O2S/c1-14-10-21(27-26-14)25-20-12-18(23-15(2)24-20)11-16-4-3-9-28(13-16)31(29,30)19-7-5-17(22)6-8-19/h5-8,10,12,16H,3-4,9,11,13H2,1-2H3,(H2,23,24,25,26,27)/t16-/m0/s1. The van der Waals surface area contributed by atoms with Gasteiger partial charge in [-0.2, -0.15) is 9.40 Å². The molecule has 31 heavy (non-hydrogen) atoms. The second-order valence-corrected chi connectivity index (χ2v) is 9.82. The molecule has 8 nitrogen and oxygen atoms in total. The van der Waals surface area contributed by atoms with E-state index in [1.165, 1.54) is 28.6 Å². The summed E-state index contributed by atoms with van der Waals surface area (Å²) < 4.78 is 40.6. The Labute approximate surface area is 181 Å². The summed E-state index contributed by atoms with van der Waals surface area (Å²) in [5.41, 5.74) is 1.80. The van der Waals surface area contributed by atoms with Crippen LogP contribution in [0.5, 0.6) is 0 Å². The van der Waals surface area contributed by atoms with E-state index in [0.29, 0.717) is 37.0 Å². The first kappa shape index (κ1) is 21.4. The van der Waals surface area contributed by atoms with Gasteiger partial charge in [-0.1, -0.05) is 0 Å². The van der Waals surface area contributed by atoms with E-state index in [9.17, 15) is 12.8 Å². The number of anilines is 2. The fourth-order valence-electron chi connectivity index (χ4n) is 3.87. The van der Waals surface area contributed by atoms with Crippen LogP contribution in [-0.4, -0.2) is 46.0 Å². The van der Waals surface area contributed by atoms with E-state index in [-0.39, 0.29) is 10.8 Å². The number of H-pyrrole nitrogens is 1. The van der Waals surface area contributed by atoms with E-state index in [1.54, 1.807) is 0 Å². The summed E-state index contributed by atoms with van der Waals surface area (Å²) in [5.74, 6) is 1.65. The number of nitrogens with zero attached hydrogens (tertiary/aromatic N) is 4. The van der Waals surface area contributed by atoms with Crippen LogP contribution in [0.25, 0.3) is 0 Å². The summed E-state index contributed by atoms with van der Waals surface area (Å²) in [6.45, 7) is 4.62. The molecule has 2 N–H and O–H groups in total. The van der Waals surface area contributed by atoms with Crippen LogP contribution in [-0.2, 0) is 16.4 Å². The minimum absolute atomic E-state index is 0.119. The van der Waals surface area contributed by atoms with Gasteiger partial charge in [0, 0.05) is 36.6 Å². The Hall–Kier alpha value is -2.85. The second-order valence-electron chi connectivity index (χ2n) is 7.88. The highest BCUT2D eigenvalue weighted by Crippen LogP contribution is 2.26. The monoisotopic (exact) mass is 444 g/mol. The molecule has 4 rings (SSSR count). The Bertz CT molecular complexity index is 1160. The predicted molar refractivity (Wildman–Crippen MR) is 115 cm³/mol. The molecule has 1 aliphatic rings. The minimum Gasteiger partial charge on any atom is -0.323 e. The summed E-state index contributed by atoms with van der Waals surface area (Å²) in [6, 6.07) is 8.75. The van der Waals surface area contributed by atoms with E-state index in [1.807, 2.05) is 26.0 Å². The molecule has 1 fully saturated rings. The third-order valence-corrected chi connectivity index (χ3v) is 7.16. The molecule has 0 aliphatic carbocycles. The van der Waals surface area contributed by atoms with Crippen molar-refractivity contribution in [1.29, 1.82) is 0 Å². The zero-order valence-corrected chi connectivity index (χ0v) is 18.3. The van der Waals surface area contributed by atoms with Gasteiger partial charge in [-0.05, 0) is 63.3 Å². The van der Waals surface area contributed by atoms with Gasteiger partial charge in [0.1, 0.15) is 17.5 Å². The van der Waals surface area contributed by atoms with Crippen molar-refractivity contribution < 1.29 is 12.8 Å². The lowest BCUT2D eigenvalue weighted by Crippen LogP contribution is -2.40. The lowest BCUT2D eigenvalue weighted by molar-refractivity contribution is 0.264.